The molecular formula is C20H32N2O2. The van der Waals surface area contributed by atoms with Crippen LogP contribution < -0.4 is 10.1 Å². The van der Waals surface area contributed by atoms with Crippen LogP contribution in [0.15, 0.2) is 18.2 Å². The summed E-state index contributed by atoms with van der Waals surface area (Å²) >= 11 is 0. The molecule has 0 aliphatic carbocycles. The molecule has 1 fully saturated rings. The molecule has 1 amide bonds. The minimum Gasteiger partial charge on any atom is -0.481 e. The van der Waals surface area contributed by atoms with Gasteiger partial charge in [0.1, 0.15) is 5.75 Å². The first-order chi connectivity index (χ1) is 11.4. The van der Waals surface area contributed by atoms with Gasteiger partial charge in [0.05, 0.1) is 0 Å². The molecule has 4 heteroatoms. The molecule has 0 radical (unpaired) electrons. The minimum absolute atomic E-state index is 0.106. The Morgan fingerprint density at radius 3 is 2.54 bits per heavy atom. The van der Waals surface area contributed by atoms with Crippen molar-refractivity contribution in [2.45, 2.75) is 52.6 Å². The number of hydrogen-bond donors (Lipinski definition) is 1. The Hall–Kier alpha value is -1.55. The van der Waals surface area contributed by atoms with Gasteiger partial charge < -0.3 is 15.0 Å². The molecule has 0 spiro atoms. The van der Waals surface area contributed by atoms with Crippen LogP contribution in [0, 0.1) is 12.8 Å². The zero-order valence-corrected chi connectivity index (χ0v) is 15.8. The summed E-state index contributed by atoms with van der Waals surface area (Å²) in [5.74, 6) is 2.00. The number of amides is 1. The molecule has 1 saturated heterocycles. The number of benzene rings is 1. The molecule has 1 unspecified atom stereocenters. The van der Waals surface area contributed by atoms with E-state index in [9.17, 15) is 4.79 Å². The molecule has 4 nitrogen and oxygen atoms in total. The molecule has 1 heterocycles. The second-order valence-electron chi connectivity index (χ2n) is 7.28. The highest BCUT2D eigenvalue weighted by atomic mass is 16.5. The Kier molecular flexibility index (Phi) is 6.67. The third kappa shape index (κ3) is 4.73. The van der Waals surface area contributed by atoms with E-state index in [1.54, 1.807) is 0 Å². The largest absolute Gasteiger partial charge is 0.481 e. The molecule has 134 valence electrons. The predicted molar refractivity (Wildman–Crippen MR) is 98.6 cm³/mol. The van der Waals surface area contributed by atoms with Gasteiger partial charge in [-0.2, -0.15) is 0 Å². The average molecular weight is 332 g/mol. The Bertz CT molecular complexity index is 549. The predicted octanol–water partition coefficient (Wildman–Crippen LogP) is 3.34. The van der Waals surface area contributed by atoms with Gasteiger partial charge in [-0.15, -0.1) is 0 Å². The van der Waals surface area contributed by atoms with Crippen molar-refractivity contribution < 1.29 is 9.53 Å². The second-order valence-corrected chi connectivity index (χ2v) is 7.28. The lowest BCUT2D eigenvalue weighted by Crippen LogP contribution is -2.45. The van der Waals surface area contributed by atoms with Crippen LogP contribution in [0.4, 0.5) is 0 Å². The summed E-state index contributed by atoms with van der Waals surface area (Å²) in [5.41, 5.74) is 2.31. The van der Waals surface area contributed by atoms with Gasteiger partial charge in [0.15, 0.2) is 6.10 Å². The Labute approximate surface area is 146 Å². The molecule has 1 aliphatic rings. The number of hydrogen-bond acceptors (Lipinski definition) is 3. The lowest BCUT2D eigenvalue weighted by molar-refractivity contribution is -0.139. The van der Waals surface area contributed by atoms with Crippen LogP contribution in [-0.4, -0.2) is 43.6 Å². The number of carbonyl (C=O) groups excluding carboxylic acids is 1. The number of aryl methyl sites for hydroxylation is 1. The van der Waals surface area contributed by atoms with E-state index in [0.717, 1.165) is 49.4 Å². The number of nitrogens with one attached hydrogen (secondary N) is 1. The fraction of sp³-hybridized carbons (Fsp3) is 0.650. The number of piperidine rings is 1. The van der Waals surface area contributed by atoms with Crippen LogP contribution in [-0.2, 0) is 4.79 Å². The number of nitrogens with zero attached hydrogens (tertiary/aromatic N) is 1. The van der Waals surface area contributed by atoms with E-state index in [-0.39, 0.29) is 5.91 Å². The molecule has 1 N–H and O–H groups in total. The molecule has 0 bridgehead atoms. The molecule has 24 heavy (non-hydrogen) atoms. The van der Waals surface area contributed by atoms with Gasteiger partial charge in [-0.05, 0) is 69.3 Å². The molecule has 0 saturated carbocycles. The van der Waals surface area contributed by atoms with Crippen molar-refractivity contribution in [2.75, 3.05) is 26.7 Å². The van der Waals surface area contributed by atoms with E-state index in [0.29, 0.717) is 11.8 Å². The fourth-order valence-electron chi connectivity index (χ4n) is 3.36. The molecule has 1 aromatic carbocycles. The van der Waals surface area contributed by atoms with Crippen LogP contribution >= 0.6 is 0 Å². The summed E-state index contributed by atoms with van der Waals surface area (Å²) < 4.78 is 6.07. The average Bonchev–Trinajstić information content (AvgIpc) is 2.55. The zero-order chi connectivity index (χ0) is 17.7. The van der Waals surface area contributed by atoms with Gasteiger partial charge in [0.25, 0.3) is 5.91 Å². The van der Waals surface area contributed by atoms with Crippen LogP contribution in [0.2, 0.25) is 0 Å². The lowest BCUT2D eigenvalue weighted by atomic mass is 9.96. The first kappa shape index (κ1) is 18.8. The fourth-order valence-corrected chi connectivity index (χ4v) is 3.36. The van der Waals surface area contributed by atoms with Gasteiger partial charge >= 0.3 is 0 Å². The summed E-state index contributed by atoms with van der Waals surface area (Å²) in [5, 5.41) is 3.23. The molecule has 1 aromatic rings. The molecule has 2 rings (SSSR count). The smallest absolute Gasteiger partial charge is 0.263 e. The molecular weight excluding hydrogens is 300 g/mol. The van der Waals surface area contributed by atoms with Gasteiger partial charge in [-0.25, -0.2) is 0 Å². The second kappa shape index (κ2) is 8.52. The third-order valence-electron chi connectivity index (χ3n) is 4.86. The highest BCUT2D eigenvalue weighted by Gasteiger charge is 2.27. The Balaban J connectivity index is 1.99. The van der Waals surface area contributed by atoms with Crippen molar-refractivity contribution in [1.82, 2.24) is 10.2 Å². The van der Waals surface area contributed by atoms with Gasteiger partial charge in [-0.1, -0.05) is 26.0 Å². The number of likely N-dealkylation sites (tertiary alicyclic amines) is 1. The number of rotatable bonds is 6. The summed E-state index contributed by atoms with van der Waals surface area (Å²) in [6.07, 6.45) is 1.70. The van der Waals surface area contributed by atoms with Crippen molar-refractivity contribution in [3.05, 3.63) is 29.3 Å². The van der Waals surface area contributed by atoms with Crippen LogP contribution in [0.1, 0.15) is 50.7 Å². The number of ether oxygens (including phenoxy) is 1. The monoisotopic (exact) mass is 332 g/mol. The van der Waals surface area contributed by atoms with Crippen molar-refractivity contribution in [1.29, 1.82) is 0 Å². The van der Waals surface area contributed by atoms with Gasteiger partial charge in [-0.3, -0.25) is 4.79 Å². The Morgan fingerprint density at radius 1 is 1.29 bits per heavy atom. The van der Waals surface area contributed by atoms with Gasteiger partial charge in [0, 0.05) is 13.1 Å². The summed E-state index contributed by atoms with van der Waals surface area (Å²) in [6.45, 7) is 10.9. The maximum absolute atomic E-state index is 12.7. The first-order valence-corrected chi connectivity index (χ1v) is 9.13. The maximum atomic E-state index is 12.7. The van der Waals surface area contributed by atoms with Crippen molar-refractivity contribution in [3.63, 3.8) is 0 Å². The molecule has 0 aromatic heterocycles. The SMILES string of the molecule is CNCC1CCN(C(=O)C(C)Oc2cc(C)ccc2C(C)C)CC1. The van der Waals surface area contributed by atoms with Crippen LogP contribution in [0.3, 0.4) is 0 Å². The van der Waals surface area contributed by atoms with Crippen molar-refractivity contribution in [3.8, 4) is 5.75 Å². The van der Waals surface area contributed by atoms with E-state index < -0.39 is 6.10 Å². The standard InChI is InChI=1S/C20H32N2O2/c1-14(2)18-7-6-15(3)12-19(18)24-16(4)20(23)22-10-8-17(9-11-22)13-21-5/h6-7,12,14,16-17,21H,8-11,13H2,1-5H3. The quantitative estimate of drug-likeness (QED) is 0.869. The Morgan fingerprint density at radius 2 is 1.96 bits per heavy atom. The number of carbonyl (C=O) groups is 1. The van der Waals surface area contributed by atoms with E-state index in [2.05, 4.69) is 38.2 Å². The van der Waals surface area contributed by atoms with E-state index in [1.807, 2.05) is 24.9 Å². The lowest BCUT2D eigenvalue weighted by Gasteiger charge is -2.33. The summed E-state index contributed by atoms with van der Waals surface area (Å²) in [4.78, 5) is 14.7. The van der Waals surface area contributed by atoms with E-state index in [1.165, 1.54) is 0 Å². The minimum atomic E-state index is -0.440. The topological polar surface area (TPSA) is 41.6 Å². The van der Waals surface area contributed by atoms with E-state index >= 15 is 0 Å². The van der Waals surface area contributed by atoms with Crippen LogP contribution in [0.25, 0.3) is 0 Å². The summed E-state index contributed by atoms with van der Waals surface area (Å²) in [6, 6.07) is 6.25. The summed E-state index contributed by atoms with van der Waals surface area (Å²) in [7, 11) is 1.99. The van der Waals surface area contributed by atoms with Gasteiger partial charge in [0.2, 0.25) is 0 Å². The van der Waals surface area contributed by atoms with Crippen molar-refractivity contribution >= 4 is 5.91 Å². The maximum Gasteiger partial charge on any atom is 0.263 e. The third-order valence-corrected chi connectivity index (χ3v) is 4.86. The first-order valence-electron chi connectivity index (χ1n) is 9.13. The normalized spacial score (nSPS) is 17.2. The molecule has 1 atom stereocenters. The molecule has 1 aliphatic heterocycles. The zero-order valence-electron chi connectivity index (χ0n) is 15.8. The van der Waals surface area contributed by atoms with Crippen LogP contribution in [0.5, 0.6) is 5.75 Å². The van der Waals surface area contributed by atoms with Crippen molar-refractivity contribution in [2.24, 2.45) is 5.92 Å². The highest BCUT2D eigenvalue weighted by molar-refractivity contribution is 5.81. The highest BCUT2D eigenvalue weighted by Crippen LogP contribution is 2.29. The van der Waals surface area contributed by atoms with E-state index in [4.69, 9.17) is 4.74 Å².